The maximum Gasteiger partial charge on any atom is 0.224 e. The van der Waals surface area contributed by atoms with Crippen LogP contribution in [-0.2, 0) is 0 Å². The first-order chi connectivity index (χ1) is 7.24. The molecule has 2 rings (SSSR count). The topological polar surface area (TPSA) is 37.8 Å². The lowest BCUT2D eigenvalue weighted by atomic mass is 10.2. The Kier molecular flexibility index (Phi) is 2.83. The summed E-state index contributed by atoms with van der Waals surface area (Å²) < 4.78 is 0. The number of hydrogen-bond acceptors (Lipinski definition) is 3. The molecule has 2 aromatic rings. The maximum absolute atomic E-state index is 5.68. The third-order valence-electron chi connectivity index (χ3n) is 1.92. The normalized spacial score (nSPS) is 10.0. The average molecular weight is 220 g/mol. The Bertz CT molecular complexity index is 427. The molecule has 1 aromatic heterocycles. The zero-order valence-electron chi connectivity index (χ0n) is 8.24. The van der Waals surface area contributed by atoms with Crippen molar-refractivity contribution in [3.8, 4) is 0 Å². The molecule has 0 saturated carbocycles. The van der Waals surface area contributed by atoms with Crippen LogP contribution in [0.3, 0.4) is 0 Å². The predicted molar refractivity (Wildman–Crippen MR) is 61.5 cm³/mol. The summed E-state index contributed by atoms with van der Waals surface area (Å²) in [4.78, 5) is 7.85. The summed E-state index contributed by atoms with van der Waals surface area (Å²) in [7, 11) is 0. The van der Waals surface area contributed by atoms with Gasteiger partial charge in [-0.1, -0.05) is 12.1 Å². The highest BCUT2D eigenvalue weighted by Crippen LogP contribution is 2.15. The van der Waals surface area contributed by atoms with Gasteiger partial charge in [0.1, 0.15) is 5.82 Å². The largest absolute Gasteiger partial charge is 0.340 e. The van der Waals surface area contributed by atoms with E-state index < -0.39 is 0 Å². The van der Waals surface area contributed by atoms with E-state index in [1.807, 2.05) is 31.2 Å². The van der Waals surface area contributed by atoms with Crippen LogP contribution in [0.25, 0.3) is 0 Å². The van der Waals surface area contributed by atoms with E-state index >= 15 is 0 Å². The highest BCUT2D eigenvalue weighted by molar-refractivity contribution is 6.28. The molecular weight excluding hydrogens is 210 g/mol. The van der Waals surface area contributed by atoms with Gasteiger partial charge in [-0.2, -0.15) is 0 Å². The van der Waals surface area contributed by atoms with Gasteiger partial charge in [-0.05, 0) is 42.3 Å². The molecule has 0 radical (unpaired) electrons. The highest BCUT2D eigenvalue weighted by Gasteiger charge is 1.97. The molecule has 0 amide bonds. The Morgan fingerprint density at radius 2 is 2.13 bits per heavy atom. The second-order valence-corrected chi connectivity index (χ2v) is 3.54. The van der Waals surface area contributed by atoms with Gasteiger partial charge in [-0.15, -0.1) is 0 Å². The molecule has 0 bridgehead atoms. The van der Waals surface area contributed by atoms with Crippen molar-refractivity contribution < 1.29 is 0 Å². The Labute approximate surface area is 93.1 Å². The van der Waals surface area contributed by atoms with Crippen LogP contribution in [0.2, 0.25) is 5.28 Å². The third kappa shape index (κ3) is 2.67. The molecule has 4 heteroatoms. The molecule has 0 aliphatic carbocycles. The molecule has 76 valence electrons. The van der Waals surface area contributed by atoms with E-state index in [1.165, 1.54) is 5.56 Å². The predicted octanol–water partition coefficient (Wildman–Crippen LogP) is 3.18. The van der Waals surface area contributed by atoms with E-state index in [4.69, 9.17) is 11.6 Å². The van der Waals surface area contributed by atoms with Crippen molar-refractivity contribution >= 4 is 23.1 Å². The van der Waals surface area contributed by atoms with Crippen LogP contribution < -0.4 is 5.32 Å². The van der Waals surface area contributed by atoms with Gasteiger partial charge in [0.15, 0.2) is 0 Å². The summed E-state index contributed by atoms with van der Waals surface area (Å²) in [6.07, 6.45) is 1.62. The van der Waals surface area contributed by atoms with E-state index in [1.54, 1.807) is 12.3 Å². The van der Waals surface area contributed by atoms with Crippen molar-refractivity contribution in [2.75, 3.05) is 5.32 Å². The number of rotatable bonds is 2. The molecule has 0 atom stereocenters. The molecular formula is C11H10ClN3. The molecule has 0 unspecified atom stereocenters. The molecule has 0 aliphatic rings. The van der Waals surface area contributed by atoms with Crippen molar-refractivity contribution in [3.63, 3.8) is 0 Å². The van der Waals surface area contributed by atoms with Crippen LogP contribution in [0.5, 0.6) is 0 Å². The van der Waals surface area contributed by atoms with Gasteiger partial charge in [-0.3, -0.25) is 0 Å². The van der Waals surface area contributed by atoms with Gasteiger partial charge in [0.2, 0.25) is 5.28 Å². The minimum absolute atomic E-state index is 0.243. The number of halogens is 1. The molecule has 15 heavy (non-hydrogen) atoms. The van der Waals surface area contributed by atoms with E-state index in [9.17, 15) is 0 Å². The number of nitrogens with one attached hydrogen (secondary N) is 1. The van der Waals surface area contributed by atoms with Crippen molar-refractivity contribution in [2.45, 2.75) is 6.92 Å². The van der Waals surface area contributed by atoms with Crippen LogP contribution >= 0.6 is 11.6 Å². The Morgan fingerprint density at radius 3 is 2.87 bits per heavy atom. The first kappa shape index (κ1) is 9.93. The third-order valence-corrected chi connectivity index (χ3v) is 2.10. The van der Waals surface area contributed by atoms with Crippen LogP contribution in [0.4, 0.5) is 11.5 Å². The second-order valence-electron chi connectivity index (χ2n) is 3.21. The highest BCUT2D eigenvalue weighted by atomic mass is 35.5. The maximum atomic E-state index is 5.68. The standard InChI is InChI=1S/C11H10ClN3/c1-8-3-2-4-9(7-8)14-10-5-6-13-11(12)15-10/h2-7H,1H3,(H,13,14,15). The first-order valence-electron chi connectivity index (χ1n) is 4.56. The number of benzene rings is 1. The fraction of sp³-hybridized carbons (Fsp3) is 0.0909. The summed E-state index contributed by atoms with van der Waals surface area (Å²) in [6.45, 7) is 2.04. The smallest absolute Gasteiger partial charge is 0.224 e. The molecule has 1 N–H and O–H groups in total. The SMILES string of the molecule is Cc1cccc(Nc2ccnc(Cl)n2)c1. The van der Waals surface area contributed by atoms with Crippen LogP contribution in [0, 0.1) is 6.92 Å². The molecule has 3 nitrogen and oxygen atoms in total. The van der Waals surface area contributed by atoms with Crippen LogP contribution in [-0.4, -0.2) is 9.97 Å². The Balaban J connectivity index is 2.22. The zero-order valence-corrected chi connectivity index (χ0v) is 8.99. The minimum atomic E-state index is 0.243. The lowest BCUT2D eigenvalue weighted by Crippen LogP contribution is -1.94. The lowest BCUT2D eigenvalue weighted by Gasteiger charge is -2.05. The number of nitrogens with zero attached hydrogens (tertiary/aromatic N) is 2. The average Bonchev–Trinajstić information content (AvgIpc) is 2.17. The molecule has 0 saturated heterocycles. The van der Waals surface area contributed by atoms with E-state index in [-0.39, 0.29) is 5.28 Å². The fourth-order valence-corrected chi connectivity index (χ4v) is 1.42. The van der Waals surface area contributed by atoms with Gasteiger partial charge in [0.05, 0.1) is 0 Å². The molecule has 0 spiro atoms. The summed E-state index contributed by atoms with van der Waals surface area (Å²) >= 11 is 5.68. The Morgan fingerprint density at radius 1 is 1.27 bits per heavy atom. The summed E-state index contributed by atoms with van der Waals surface area (Å²) in [5.41, 5.74) is 2.19. The monoisotopic (exact) mass is 219 g/mol. The lowest BCUT2D eigenvalue weighted by molar-refractivity contribution is 1.17. The van der Waals surface area contributed by atoms with Crippen molar-refractivity contribution in [2.24, 2.45) is 0 Å². The number of anilines is 2. The van der Waals surface area contributed by atoms with Gasteiger partial charge in [0, 0.05) is 11.9 Å². The summed E-state index contributed by atoms with van der Waals surface area (Å²) in [6, 6.07) is 9.81. The molecule has 0 fully saturated rings. The molecule has 1 heterocycles. The second kappa shape index (κ2) is 4.28. The van der Waals surface area contributed by atoms with Gasteiger partial charge < -0.3 is 5.32 Å². The molecule has 0 aliphatic heterocycles. The van der Waals surface area contributed by atoms with Crippen LogP contribution in [0.15, 0.2) is 36.5 Å². The molecule has 1 aromatic carbocycles. The van der Waals surface area contributed by atoms with E-state index in [2.05, 4.69) is 15.3 Å². The summed E-state index contributed by atoms with van der Waals surface area (Å²) in [5, 5.41) is 3.39. The quantitative estimate of drug-likeness (QED) is 0.789. The van der Waals surface area contributed by atoms with Gasteiger partial charge >= 0.3 is 0 Å². The van der Waals surface area contributed by atoms with E-state index in [0.717, 1.165) is 5.69 Å². The number of aryl methyl sites for hydroxylation is 1. The van der Waals surface area contributed by atoms with Crippen molar-refractivity contribution in [1.82, 2.24) is 9.97 Å². The van der Waals surface area contributed by atoms with Crippen LogP contribution in [0.1, 0.15) is 5.56 Å². The zero-order chi connectivity index (χ0) is 10.7. The Hall–Kier alpha value is -1.61. The van der Waals surface area contributed by atoms with Gasteiger partial charge in [-0.25, -0.2) is 9.97 Å². The fourth-order valence-electron chi connectivity index (χ4n) is 1.28. The minimum Gasteiger partial charge on any atom is -0.340 e. The van der Waals surface area contributed by atoms with Gasteiger partial charge in [0.25, 0.3) is 0 Å². The van der Waals surface area contributed by atoms with Crippen molar-refractivity contribution in [1.29, 1.82) is 0 Å². The van der Waals surface area contributed by atoms with Crippen molar-refractivity contribution in [3.05, 3.63) is 47.4 Å². The van der Waals surface area contributed by atoms with E-state index in [0.29, 0.717) is 5.82 Å². The number of aromatic nitrogens is 2. The summed E-state index contributed by atoms with van der Waals surface area (Å²) in [5.74, 6) is 0.695. The number of hydrogen-bond donors (Lipinski definition) is 1. The first-order valence-corrected chi connectivity index (χ1v) is 4.94.